The van der Waals surface area contributed by atoms with E-state index in [1.54, 1.807) is 24.3 Å². The van der Waals surface area contributed by atoms with Crippen molar-refractivity contribution in [2.45, 2.75) is 51.5 Å². The van der Waals surface area contributed by atoms with Crippen LogP contribution in [0.15, 0.2) is 35.9 Å². The summed E-state index contributed by atoms with van der Waals surface area (Å²) in [7, 11) is 0. The van der Waals surface area contributed by atoms with Gasteiger partial charge in [-0.15, -0.1) is 0 Å². The molecule has 0 aliphatic heterocycles. The van der Waals surface area contributed by atoms with Crippen molar-refractivity contribution in [1.82, 2.24) is 5.32 Å². The van der Waals surface area contributed by atoms with Gasteiger partial charge in [0.05, 0.1) is 6.42 Å². The van der Waals surface area contributed by atoms with E-state index in [1.165, 1.54) is 25.3 Å². The molecule has 1 amide bonds. The van der Waals surface area contributed by atoms with E-state index in [4.69, 9.17) is 0 Å². The van der Waals surface area contributed by atoms with Crippen LogP contribution in [0.2, 0.25) is 0 Å². The van der Waals surface area contributed by atoms with Gasteiger partial charge < -0.3 is 15.7 Å². The minimum atomic E-state index is -1.04. The van der Waals surface area contributed by atoms with Crippen LogP contribution in [0, 0.1) is 0 Å². The van der Waals surface area contributed by atoms with Gasteiger partial charge in [-0.1, -0.05) is 11.6 Å². The predicted molar refractivity (Wildman–Crippen MR) is 100 cm³/mol. The number of amides is 1. The molecule has 1 atom stereocenters. The number of ketones is 1. The first-order chi connectivity index (χ1) is 12.5. The summed E-state index contributed by atoms with van der Waals surface area (Å²) < 4.78 is 0. The Labute approximate surface area is 153 Å². The van der Waals surface area contributed by atoms with Gasteiger partial charge in [-0.2, -0.15) is 0 Å². The average Bonchev–Trinajstić information content (AvgIpc) is 2.62. The van der Waals surface area contributed by atoms with E-state index in [9.17, 15) is 19.5 Å². The summed E-state index contributed by atoms with van der Waals surface area (Å²) in [5.41, 5.74) is 2.46. The van der Waals surface area contributed by atoms with Gasteiger partial charge in [0.1, 0.15) is 6.04 Å². The molecule has 6 nitrogen and oxygen atoms in total. The molecule has 140 valence electrons. The average molecular weight is 358 g/mol. The van der Waals surface area contributed by atoms with E-state index in [-0.39, 0.29) is 18.1 Å². The molecule has 0 aromatic heterocycles. The molecule has 0 radical (unpaired) electrons. The van der Waals surface area contributed by atoms with Crippen molar-refractivity contribution in [2.75, 3.05) is 11.9 Å². The van der Waals surface area contributed by atoms with Crippen molar-refractivity contribution in [1.29, 1.82) is 0 Å². The SMILES string of the molecule is CC(=O)c1ccc(NC(=O)CC(NCCC2=CCCCC2)C(=O)O)cc1. The summed E-state index contributed by atoms with van der Waals surface area (Å²) in [6.07, 6.45) is 7.50. The molecule has 3 N–H and O–H groups in total. The first-order valence-corrected chi connectivity index (χ1v) is 9.00. The summed E-state index contributed by atoms with van der Waals surface area (Å²) >= 11 is 0. The topological polar surface area (TPSA) is 95.5 Å². The summed E-state index contributed by atoms with van der Waals surface area (Å²) in [6.45, 7) is 2.02. The largest absolute Gasteiger partial charge is 0.480 e. The Kier molecular flexibility index (Phi) is 7.53. The number of rotatable bonds is 9. The summed E-state index contributed by atoms with van der Waals surface area (Å²) in [6, 6.07) is 5.60. The monoisotopic (exact) mass is 358 g/mol. The zero-order chi connectivity index (χ0) is 18.9. The number of nitrogens with one attached hydrogen (secondary N) is 2. The van der Waals surface area contributed by atoms with Crippen LogP contribution in [0.5, 0.6) is 0 Å². The van der Waals surface area contributed by atoms with Crippen LogP contribution in [-0.4, -0.2) is 35.4 Å². The second-order valence-electron chi connectivity index (χ2n) is 6.59. The van der Waals surface area contributed by atoms with E-state index in [0.717, 1.165) is 19.3 Å². The van der Waals surface area contributed by atoms with Gasteiger partial charge in [0.2, 0.25) is 5.91 Å². The highest BCUT2D eigenvalue weighted by atomic mass is 16.4. The molecule has 0 bridgehead atoms. The number of benzene rings is 1. The van der Waals surface area contributed by atoms with Crippen molar-refractivity contribution in [2.24, 2.45) is 0 Å². The second-order valence-corrected chi connectivity index (χ2v) is 6.59. The molecule has 0 spiro atoms. The van der Waals surface area contributed by atoms with Crippen molar-refractivity contribution in [3.05, 3.63) is 41.5 Å². The highest BCUT2D eigenvalue weighted by molar-refractivity contribution is 5.96. The van der Waals surface area contributed by atoms with Crippen molar-refractivity contribution >= 4 is 23.3 Å². The number of hydrogen-bond donors (Lipinski definition) is 3. The molecular formula is C20H26N2O4. The van der Waals surface area contributed by atoms with Crippen LogP contribution in [0.25, 0.3) is 0 Å². The van der Waals surface area contributed by atoms with E-state index >= 15 is 0 Å². The maximum Gasteiger partial charge on any atom is 0.321 e. The molecule has 1 aliphatic rings. The third-order valence-corrected chi connectivity index (χ3v) is 4.48. The normalized spacial score (nSPS) is 15.0. The Hall–Kier alpha value is -2.47. The van der Waals surface area contributed by atoms with Gasteiger partial charge in [0.15, 0.2) is 5.78 Å². The Balaban J connectivity index is 1.81. The highest BCUT2D eigenvalue weighted by Gasteiger charge is 2.20. The fraction of sp³-hybridized carbons (Fsp3) is 0.450. The summed E-state index contributed by atoms with van der Waals surface area (Å²) in [4.78, 5) is 34.8. The van der Waals surface area contributed by atoms with E-state index in [2.05, 4.69) is 16.7 Å². The van der Waals surface area contributed by atoms with Crippen molar-refractivity contribution in [3.8, 4) is 0 Å². The fourth-order valence-corrected chi connectivity index (χ4v) is 2.97. The molecule has 1 aromatic carbocycles. The van der Waals surface area contributed by atoms with Crippen LogP contribution >= 0.6 is 0 Å². The molecule has 0 saturated carbocycles. The number of allylic oxidation sites excluding steroid dienone is 1. The number of carbonyl (C=O) groups excluding carboxylic acids is 2. The lowest BCUT2D eigenvalue weighted by molar-refractivity contribution is -0.141. The van der Waals surface area contributed by atoms with E-state index in [1.807, 2.05) is 0 Å². The maximum absolute atomic E-state index is 12.1. The Morgan fingerprint density at radius 1 is 1.15 bits per heavy atom. The van der Waals surface area contributed by atoms with Gasteiger partial charge in [-0.05, 0) is 69.8 Å². The lowest BCUT2D eigenvalue weighted by atomic mass is 9.97. The minimum absolute atomic E-state index is 0.0499. The number of Topliss-reactive ketones (excluding diaryl/α,β-unsaturated/α-hetero) is 1. The van der Waals surface area contributed by atoms with Crippen molar-refractivity contribution < 1.29 is 19.5 Å². The molecule has 1 unspecified atom stereocenters. The molecule has 0 fully saturated rings. The van der Waals surface area contributed by atoms with Crippen LogP contribution in [0.4, 0.5) is 5.69 Å². The molecule has 1 aliphatic carbocycles. The number of carboxylic acids is 1. The third kappa shape index (κ3) is 6.44. The minimum Gasteiger partial charge on any atom is -0.480 e. The Bertz CT molecular complexity index is 680. The van der Waals surface area contributed by atoms with Gasteiger partial charge in [-0.3, -0.25) is 14.4 Å². The molecular weight excluding hydrogens is 332 g/mol. The number of aliphatic carboxylic acids is 1. The van der Waals surface area contributed by atoms with Gasteiger partial charge >= 0.3 is 5.97 Å². The number of anilines is 1. The van der Waals surface area contributed by atoms with Crippen LogP contribution in [-0.2, 0) is 9.59 Å². The van der Waals surface area contributed by atoms with Gasteiger partial charge in [0, 0.05) is 11.3 Å². The van der Waals surface area contributed by atoms with Crippen LogP contribution in [0.3, 0.4) is 0 Å². The molecule has 26 heavy (non-hydrogen) atoms. The zero-order valence-electron chi connectivity index (χ0n) is 15.1. The number of hydrogen-bond acceptors (Lipinski definition) is 4. The predicted octanol–water partition coefficient (Wildman–Crippen LogP) is 3.15. The van der Waals surface area contributed by atoms with E-state index < -0.39 is 12.0 Å². The zero-order valence-corrected chi connectivity index (χ0v) is 15.1. The van der Waals surface area contributed by atoms with Gasteiger partial charge in [0.25, 0.3) is 0 Å². The van der Waals surface area contributed by atoms with Crippen LogP contribution in [0.1, 0.15) is 55.8 Å². The first kappa shape index (κ1) is 19.8. The van der Waals surface area contributed by atoms with Gasteiger partial charge in [-0.25, -0.2) is 0 Å². The molecule has 0 heterocycles. The molecule has 1 aromatic rings. The second kappa shape index (κ2) is 9.87. The molecule has 2 rings (SSSR count). The molecule has 6 heteroatoms. The summed E-state index contributed by atoms with van der Waals surface area (Å²) in [5.74, 6) is -1.46. The third-order valence-electron chi connectivity index (χ3n) is 4.48. The van der Waals surface area contributed by atoms with Crippen LogP contribution < -0.4 is 10.6 Å². The lowest BCUT2D eigenvalue weighted by Crippen LogP contribution is -2.40. The standard InChI is InChI=1S/C20H26N2O4/c1-14(23)16-7-9-17(10-8-16)22-19(24)13-18(20(25)26)21-12-11-15-5-3-2-4-6-15/h5,7-10,18,21H,2-4,6,11-13H2,1H3,(H,22,24)(H,25,26). The smallest absolute Gasteiger partial charge is 0.321 e. The molecule has 0 saturated heterocycles. The van der Waals surface area contributed by atoms with E-state index in [0.29, 0.717) is 17.8 Å². The maximum atomic E-state index is 12.1. The first-order valence-electron chi connectivity index (χ1n) is 9.00. The fourth-order valence-electron chi connectivity index (χ4n) is 2.97. The quantitative estimate of drug-likeness (QED) is 0.465. The number of carboxylic acid groups (broad SMARTS) is 1. The highest BCUT2D eigenvalue weighted by Crippen LogP contribution is 2.19. The Morgan fingerprint density at radius 3 is 2.46 bits per heavy atom. The van der Waals surface area contributed by atoms with Crippen molar-refractivity contribution in [3.63, 3.8) is 0 Å². The lowest BCUT2D eigenvalue weighted by Gasteiger charge is -2.17. The number of carbonyl (C=O) groups is 3. The summed E-state index contributed by atoms with van der Waals surface area (Å²) in [5, 5.41) is 15.0. The Morgan fingerprint density at radius 2 is 1.88 bits per heavy atom.